The molecule has 2 N–H and O–H groups in total. The van der Waals surface area contributed by atoms with E-state index in [1.807, 2.05) is 48.5 Å². The molecular weight excluding hydrogens is 406 g/mol. The number of nitrogens with zero attached hydrogens (tertiary/aromatic N) is 3. The number of hydrogen-bond donors (Lipinski definition) is 2. The molecule has 2 heterocycles. The van der Waals surface area contributed by atoms with E-state index in [0.29, 0.717) is 5.69 Å². The number of fused-ring (bicyclic) bond motifs is 3. The Morgan fingerprint density at radius 1 is 0.969 bits per heavy atom. The first-order valence-electron chi connectivity index (χ1n) is 10.1. The van der Waals surface area contributed by atoms with Gasteiger partial charge in [0.1, 0.15) is 18.2 Å². The van der Waals surface area contributed by atoms with Crippen LogP contribution in [0.1, 0.15) is 5.56 Å². The average Bonchev–Trinajstić information content (AvgIpc) is 3.49. The topological polar surface area (TPSA) is 102 Å². The van der Waals surface area contributed by atoms with Crippen LogP contribution in [0.5, 0.6) is 0 Å². The number of furan rings is 1. The number of carbonyl (C=O) groups excluding carboxylic acids is 2. The number of aromatic nitrogens is 3. The third-order valence-electron chi connectivity index (χ3n) is 5.17. The number of nitrogens with one attached hydrogen (secondary N) is 2. The summed E-state index contributed by atoms with van der Waals surface area (Å²) in [6.45, 7) is -0.125. The third kappa shape index (κ3) is 3.93. The van der Waals surface area contributed by atoms with Crippen molar-refractivity contribution in [3.63, 3.8) is 0 Å². The normalized spacial score (nSPS) is 11.0. The Hall–Kier alpha value is -4.46. The van der Waals surface area contributed by atoms with Crippen molar-refractivity contribution < 1.29 is 14.0 Å². The minimum Gasteiger partial charge on any atom is -0.464 e. The van der Waals surface area contributed by atoms with Crippen LogP contribution in [-0.2, 0) is 16.0 Å². The van der Waals surface area contributed by atoms with Gasteiger partial charge in [0.15, 0.2) is 0 Å². The van der Waals surface area contributed by atoms with Crippen molar-refractivity contribution in [3.8, 4) is 5.69 Å². The van der Waals surface area contributed by atoms with Crippen molar-refractivity contribution in [2.75, 3.05) is 11.9 Å². The summed E-state index contributed by atoms with van der Waals surface area (Å²) in [5.41, 5.74) is 2.98. The number of rotatable bonds is 6. The number of carbonyl (C=O) groups is 2. The highest BCUT2D eigenvalue weighted by Crippen LogP contribution is 2.30. The highest BCUT2D eigenvalue weighted by Gasteiger charge is 2.14. The van der Waals surface area contributed by atoms with Crippen LogP contribution in [0.4, 0.5) is 5.69 Å². The molecule has 158 valence electrons. The SMILES string of the molecule is O=C(Cc1coc2ccc3ccccc3c12)NCC(=O)Nc1ccc(-n2cncn2)cc1. The maximum Gasteiger partial charge on any atom is 0.243 e. The first kappa shape index (κ1) is 19.5. The average molecular weight is 425 g/mol. The molecule has 5 aromatic rings. The van der Waals surface area contributed by atoms with E-state index in [-0.39, 0.29) is 24.8 Å². The zero-order chi connectivity index (χ0) is 21.9. The molecule has 0 fully saturated rings. The first-order chi connectivity index (χ1) is 15.7. The fourth-order valence-electron chi connectivity index (χ4n) is 3.66. The number of hydrogen-bond acceptors (Lipinski definition) is 5. The molecule has 0 saturated carbocycles. The monoisotopic (exact) mass is 425 g/mol. The maximum atomic E-state index is 12.5. The smallest absolute Gasteiger partial charge is 0.243 e. The van der Waals surface area contributed by atoms with Crippen LogP contribution in [0.2, 0.25) is 0 Å². The second-order valence-electron chi connectivity index (χ2n) is 7.31. The lowest BCUT2D eigenvalue weighted by molar-refractivity contribution is -0.123. The largest absolute Gasteiger partial charge is 0.464 e. The lowest BCUT2D eigenvalue weighted by Crippen LogP contribution is -2.33. The quantitative estimate of drug-likeness (QED) is 0.434. The Balaban J connectivity index is 1.20. The molecule has 0 saturated heterocycles. The predicted molar refractivity (Wildman–Crippen MR) is 120 cm³/mol. The van der Waals surface area contributed by atoms with Crippen LogP contribution < -0.4 is 10.6 Å². The fraction of sp³-hybridized carbons (Fsp3) is 0.0833. The Morgan fingerprint density at radius 2 is 1.81 bits per heavy atom. The van der Waals surface area contributed by atoms with Crippen LogP contribution >= 0.6 is 0 Å². The molecule has 32 heavy (non-hydrogen) atoms. The predicted octanol–water partition coefficient (Wildman–Crippen LogP) is 3.46. The zero-order valence-corrected chi connectivity index (χ0v) is 17.0. The van der Waals surface area contributed by atoms with Gasteiger partial charge in [-0.15, -0.1) is 0 Å². The molecule has 2 aromatic heterocycles. The summed E-state index contributed by atoms with van der Waals surface area (Å²) < 4.78 is 7.25. The highest BCUT2D eigenvalue weighted by molar-refractivity contribution is 6.08. The Morgan fingerprint density at radius 3 is 2.62 bits per heavy atom. The molecular formula is C24H19N5O3. The summed E-state index contributed by atoms with van der Waals surface area (Å²) in [7, 11) is 0. The van der Waals surface area contributed by atoms with Crippen LogP contribution in [-0.4, -0.2) is 33.1 Å². The van der Waals surface area contributed by atoms with Crippen LogP contribution in [0.3, 0.4) is 0 Å². The first-order valence-corrected chi connectivity index (χ1v) is 10.1. The molecule has 0 atom stereocenters. The lowest BCUT2D eigenvalue weighted by Gasteiger charge is -2.08. The lowest BCUT2D eigenvalue weighted by atomic mass is 10.0. The fourth-order valence-corrected chi connectivity index (χ4v) is 3.66. The summed E-state index contributed by atoms with van der Waals surface area (Å²) in [6, 6.07) is 19.0. The van der Waals surface area contributed by atoms with Gasteiger partial charge < -0.3 is 15.1 Å². The third-order valence-corrected chi connectivity index (χ3v) is 5.17. The van der Waals surface area contributed by atoms with Crippen molar-refractivity contribution in [2.24, 2.45) is 0 Å². The van der Waals surface area contributed by atoms with Crippen molar-refractivity contribution in [1.29, 1.82) is 0 Å². The van der Waals surface area contributed by atoms with E-state index in [2.05, 4.69) is 20.7 Å². The molecule has 0 bridgehead atoms. The van der Waals surface area contributed by atoms with Crippen molar-refractivity contribution in [1.82, 2.24) is 20.1 Å². The molecule has 8 heteroatoms. The molecule has 0 aliphatic heterocycles. The minimum atomic E-state index is -0.311. The van der Waals surface area contributed by atoms with E-state index >= 15 is 0 Å². The van der Waals surface area contributed by atoms with E-state index in [0.717, 1.165) is 33.0 Å². The van der Waals surface area contributed by atoms with Gasteiger partial charge in [-0.25, -0.2) is 9.67 Å². The summed E-state index contributed by atoms with van der Waals surface area (Å²) in [5, 5.41) is 12.5. The Kier molecular flexibility index (Phi) is 5.09. The molecule has 3 aromatic carbocycles. The van der Waals surface area contributed by atoms with Gasteiger partial charge >= 0.3 is 0 Å². The molecule has 0 aliphatic rings. The Bertz CT molecular complexity index is 1410. The second kappa shape index (κ2) is 8.35. The van der Waals surface area contributed by atoms with Gasteiger partial charge in [-0.1, -0.05) is 30.3 Å². The molecule has 0 unspecified atom stereocenters. The van der Waals surface area contributed by atoms with Crippen molar-refractivity contribution >= 4 is 39.2 Å². The van der Waals surface area contributed by atoms with Gasteiger partial charge in [-0.2, -0.15) is 5.10 Å². The van der Waals surface area contributed by atoms with Gasteiger partial charge in [-0.05, 0) is 41.1 Å². The van der Waals surface area contributed by atoms with Crippen molar-refractivity contribution in [3.05, 3.63) is 85.1 Å². The summed E-state index contributed by atoms with van der Waals surface area (Å²) in [4.78, 5) is 28.6. The summed E-state index contributed by atoms with van der Waals surface area (Å²) >= 11 is 0. The maximum absolute atomic E-state index is 12.5. The van der Waals surface area contributed by atoms with Gasteiger partial charge in [0.05, 0.1) is 24.9 Å². The summed E-state index contributed by atoms with van der Waals surface area (Å²) in [5.74, 6) is -0.563. The van der Waals surface area contributed by atoms with E-state index < -0.39 is 0 Å². The van der Waals surface area contributed by atoms with Gasteiger partial charge in [0.2, 0.25) is 11.8 Å². The van der Waals surface area contributed by atoms with E-state index in [9.17, 15) is 9.59 Å². The van der Waals surface area contributed by atoms with Crippen molar-refractivity contribution in [2.45, 2.75) is 6.42 Å². The molecule has 2 amide bonds. The van der Waals surface area contributed by atoms with E-state index in [1.54, 1.807) is 29.4 Å². The summed E-state index contributed by atoms with van der Waals surface area (Å²) in [6.07, 6.45) is 4.77. The second-order valence-corrected chi connectivity index (χ2v) is 7.31. The van der Waals surface area contributed by atoms with E-state index in [4.69, 9.17) is 4.42 Å². The number of anilines is 1. The Labute approximate surface area is 182 Å². The molecule has 8 nitrogen and oxygen atoms in total. The van der Waals surface area contributed by atoms with Gasteiger partial charge in [0.25, 0.3) is 0 Å². The minimum absolute atomic E-state index is 0.125. The molecule has 0 radical (unpaired) electrons. The number of benzene rings is 3. The zero-order valence-electron chi connectivity index (χ0n) is 17.0. The van der Waals surface area contributed by atoms with Gasteiger partial charge in [0, 0.05) is 16.6 Å². The molecule has 5 rings (SSSR count). The van der Waals surface area contributed by atoms with Crippen LogP contribution in [0, 0.1) is 0 Å². The molecule has 0 spiro atoms. The molecule has 0 aliphatic carbocycles. The van der Waals surface area contributed by atoms with E-state index in [1.165, 1.54) is 6.33 Å². The standard InChI is InChI=1S/C24H19N5O3/c30-22(11-17-13-32-21-10-5-16-3-1-2-4-20(16)24(17)21)26-12-23(31)28-18-6-8-19(9-7-18)29-15-25-14-27-29/h1-10,13-15H,11-12H2,(H,26,30)(H,28,31). The highest BCUT2D eigenvalue weighted by atomic mass is 16.3. The van der Waals surface area contributed by atoms with Gasteiger partial charge in [-0.3, -0.25) is 9.59 Å². The van der Waals surface area contributed by atoms with Crippen LogP contribution in [0.15, 0.2) is 84.0 Å². The number of amides is 2. The van der Waals surface area contributed by atoms with Crippen LogP contribution in [0.25, 0.3) is 27.4 Å².